The maximum Gasteiger partial charge on any atom is 0.0718 e. The molecule has 0 aliphatic heterocycles. The molecule has 0 bridgehead atoms. The molecule has 0 radical (unpaired) electrons. The molecular weight excluding hydrogens is 250 g/mol. The van der Waals surface area contributed by atoms with E-state index in [0.29, 0.717) is 11.6 Å². The highest BCUT2D eigenvalue weighted by Crippen LogP contribution is 2.19. The quantitative estimate of drug-likeness (QED) is 0.614. The molecule has 0 aliphatic carbocycles. The number of aryl methyl sites for hydroxylation is 1. The highest BCUT2D eigenvalue weighted by Gasteiger charge is 2.07. The third-order valence-electron chi connectivity index (χ3n) is 3.47. The lowest BCUT2D eigenvalue weighted by molar-refractivity contribution is -0.255. The van der Waals surface area contributed by atoms with Crippen molar-refractivity contribution in [2.45, 2.75) is 46.5 Å². The summed E-state index contributed by atoms with van der Waals surface area (Å²) in [5, 5.41) is 11.1. The Hall–Kier alpha value is -1.77. The lowest BCUT2D eigenvalue weighted by Crippen LogP contribution is -2.24. The van der Waals surface area contributed by atoms with E-state index in [-0.39, 0.29) is 5.56 Å². The average Bonchev–Trinajstić information content (AvgIpc) is 2.35. The Morgan fingerprint density at radius 3 is 2.65 bits per heavy atom. The van der Waals surface area contributed by atoms with E-state index in [2.05, 4.69) is 26.8 Å². The topological polar surface area (TPSA) is 66.2 Å². The van der Waals surface area contributed by atoms with Crippen LogP contribution in [0.4, 0.5) is 5.69 Å². The van der Waals surface area contributed by atoms with Crippen molar-refractivity contribution in [2.75, 3.05) is 5.73 Å². The zero-order chi connectivity index (χ0) is 15.1. The largest absolute Gasteiger partial charge is 0.545 e. The Balaban J connectivity index is 2.58. The van der Waals surface area contributed by atoms with Crippen molar-refractivity contribution in [1.82, 2.24) is 0 Å². The minimum absolute atomic E-state index is 0.260. The molecule has 0 spiro atoms. The first-order chi connectivity index (χ1) is 9.40. The molecule has 0 fully saturated rings. The van der Waals surface area contributed by atoms with Gasteiger partial charge < -0.3 is 15.6 Å². The third kappa shape index (κ3) is 5.47. The Kier molecular flexibility index (Phi) is 6.29. The molecular formula is C17H24NO2-. The van der Waals surface area contributed by atoms with Crippen LogP contribution in [0.15, 0.2) is 29.8 Å². The summed E-state index contributed by atoms with van der Waals surface area (Å²) in [4.78, 5) is 11.1. The molecule has 2 N–H and O–H groups in total. The fraction of sp³-hybridized carbons (Fsp3) is 0.471. The lowest BCUT2D eigenvalue weighted by Gasteiger charge is -2.14. The molecule has 0 aliphatic rings. The number of carboxylic acids is 1. The fourth-order valence-corrected chi connectivity index (χ4v) is 2.22. The molecule has 0 amide bonds. The number of nitrogens with two attached hydrogens (primary N) is 1. The van der Waals surface area contributed by atoms with Crippen molar-refractivity contribution in [2.24, 2.45) is 5.92 Å². The summed E-state index contributed by atoms with van der Waals surface area (Å²) >= 11 is 0. The monoisotopic (exact) mass is 274 g/mol. The molecule has 0 aromatic heterocycles. The molecule has 20 heavy (non-hydrogen) atoms. The summed E-state index contributed by atoms with van der Waals surface area (Å²) in [6.45, 7) is 6.40. The van der Waals surface area contributed by atoms with Gasteiger partial charge in [0.1, 0.15) is 0 Å². The number of hydrogen-bond donors (Lipinski definition) is 1. The van der Waals surface area contributed by atoms with E-state index in [1.165, 1.54) is 11.6 Å². The van der Waals surface area contributed by atoms with E-state index in [0.717, 1.165) is 31.2 Å². The van der Waals surface area contributed by atoms with Crippen LogP contribution in [0, 0.1) is 5.92 Å². The summed E-state index contributed by atoms with van der Waals surface area (Å²) < 4.78 is 0. The number of carbonyl (C=O) groups is 1. The molecule has 0 saturated carbocycles. The van der Waals surface area contributed by atoms with Gasteiger partial charge in [0.15, 0.2) is 0 Å². The second-order valence-electron chi connectivity index (χ2n) is 5.71. The Labute approximate surface area is 121 Å². The van der Waals surface area contributed by atoms with Crippen molar-refractivity contribution in [3.05, 3.63) is 41.0 Å². The average molecular weight is 274 g/mol. The highest BCUT2D eigenvalue weighted by atomic mass is 16.4. The molecule has 3 nitrogen and oxygen atoms in total. The van der Waals surface area contributed by atoms with Crippen molar-refractivity contribution < 1.29 is 9.90 Å². The number of benzene rings is 1. The molecule has 1 aromatic carbocycles. The van der Waals surface area contributed by atoms with Gasteiger partial charge in [0.2, 0.25) is 0 Å². The van der Waals surface area contributed by atoms with E-state index >= 15 is 0 Å². The fourth-order valence-electron chi connectivity index (χ4n) is 2.22. The number of hydrogen-bond acceptors (Lipinski definition) is 3. The number of aromatic carboxylic acids is 1. The molecule has 1 atom stereocenters. The van der Waals surface area contributed by atoms with Crippen LogP contribution in [-0.2, 0) is 6.42 Å². The standard InChI is InChI=1S/C17H25NO2/c1-12(2)5-4-6-13(3)7-8-14-11-15(18)9-10-16(14)17(19)20/h5,9-11,13H,4,6-8,18H2,1-3H3,(H,19,20)/p-1. The predicted octanol–water partition coefficient (Wildman–Crippen LogP) is 2.95. The zero-order valence-corrected chi connectivity index (χ0v) is 12.6. The Morgan fingerprint density at radius 1 is 1.35 bits per heavy atom. The number of nitrogen functional groups attached to an aromatic ring is 1. The molecule has 1 aromatic rings. The van der Waals surface area contributed by atoms with Gasteiger partial charge in [-0.3, -0.25) is 0 Å². The van der Waals surface area contributed by atoms with Gasteiger partial charge in [0, 0.05) is 11.3 Å². The Bertz CT molecular complexity index is 488. The maximum atomic E-state index is 11.1. The SMILES string of the molecule is CC(C)=CCCC(C)CCc1cc(N)ccc1C(=O)[O-]. The molecule has 0 heterocycles. The van der Waals surface area contributed by atoms with Crippen molar-refractivity contribution in [3.63, 3.8) is 0 Å². The van der Waals surface area contributed by atoms with Gasteiger partial charge >= 0.3 is 0 Å². The minimum atomic E-state index is -1.13. The number of rotatable bonds is 7. The number of carbonyl (C=O) groups excluding carboxylic acids is 1. The normalized spacial score (nSPS) is 11.9. The van der Waals surface area contributed by atoms with Gasteiger partial charge in [-0.05, 0) is 63.1 Å². The van der Waals surface area contributed by atoms with E-state index in [4.69, 9.17) is 5.73 Å². The van der Waals surface area contributed by atoms with Gasteiger partial charge in [-0.25, -0.2) is 0 Å². The van der Waals surface area contributed by atoms with Crippen LogP contribution in [0.3, 0.4) is 0 Å². The van der Waals surface area contributed by atoms with Gasteiger partial charge in [-0.15, -0.1) is 0 Å². The van der Waals surface area contributed by atoms with E-state index < -0.39 is 5.97 Å². The molecule has 0 saturated heterocycles. The van der Waals surface area contributed by atoms with Gasteiger partial charge in [-0.1, -0.05) is 24.6 Å². The predicted molar refractivity (Wildman–Crippen MR) is 81.3 cm³/mol. The molecule has 110 valence electrons. The van der Waals surface area contributed by atoms with Crippen LogP contribution in [0.5, 0.6) is 0 Å². The first-order valence-electron chi connectivity index (χ1n) is 7.13. The molecule has 3 heteroatoms. The first-order valence-corrected chi connectivity index (χ1v) is 7.13. The number of allylic oxidation sites excluding steroid dienone is 2. The van der Waals surface area contributed by atoms with E-state index in [1.807, 2.05) is 0 Å². The number of carboxylic acid groups (broad SMARTS) is 1. The van der Waals surface area contributed by atoms with Gasteiger partial charge in [0.05, 0.1) is 5.97 Å². The van der Waals surface area contributed by atoms with Crippen LogP contribution in [0.2, 0.25) is 0 Å². The summed E-state index contributed by atoms with van der Waals surface area (Å²) in [6.07, 6.45) is 6.12. The van der Waals surface area contributed by atoms with Gasteiger partial charge in [0.25, 0.3) is 0 Å². The Morgan fingerprint density at radius 2 is 2.05 bits per heavy atom. The maximum absolute atomic E-state index is 11.1. The number of anilines is 1. The first kappa shape index (κ1) is 16.3. The second-order valence-corrected chi connectivity index (χ2v) is 5.71. The van der Waals surface area contributed by atoms with Crippen molar-refractivity contribution in [1.29, 1.82) is 0 Å². The van der Waals surface area contributed by atoms with Crippen LogP contribution in [0.25, 0.3) is 0 Å². The lowest BCUT2D eigenvalue weighted by atomic mass is 9.94. The highest BCUT2D eigenvalue weighted by molar-refractivity contribution is 5.88. The van der Waals surface area contributed by atoms with Crippen LogP contribution < -0.4 is 10.8 Å². The van der Waals surface area contributed by atoms with Crippen molar-refractivity contribution >= 4 is 11.7 Å². The second kappa shape index (κ2) is 7.73. The van der Waals surface area contributed by atoms with Crippen molar-refractivity contribution in [3.8, 4) is 0 Å². The van der Waals surface area contributed by atoms with Crippen LogP contribution in [-0.4, -0.2) is 5.97 Å². The minimum Gasteiger partial charge on any atom is -0.545 e. The summed E-state index contributed by atoms with van der Waals surface area (Å²) in [6, 6.07) is 4.88. The summed E-state index contributed by atoms with van der Waals surface area (Å²) in [5.74, 6) is -0.571. The van der Waals surface area contributed by atoms with Crippen LogP contribution >= 0.6 is 0 Å². The van der Waals surface area contributed by atoms with Crippen LogP contribution in [0.1, 0.15) is 56.0 Å². The molecule has 1 unspecified atom stereocenters. The zero-order valence-electron chi connectivity index (χ0n) is 12.6. The third-order valence-corrected chi connectivity index (χ3v) is 3.47. The molecule has 1 rings (SSSR count). The smallest absolute Gasteiger partial charge is 0.0718 e. The summed E-state index contributed by atoms with van der Waals surface area (Å²) in [5.41, 5.74) is 8.70. The summed E-state index contributed by atoms with van der Waals surface area (Å²) in [7, 11) is 0. The van der Waals surface area contributed by atoms with Gasteiger partial charge in [-0.2, -0.15) is 0 Å². The van der Waals surface area contributed by atoms with E-state index in [1.54, 1.807) is 12.1 Å². The van der Waals surface area contributed by atoms with E-state index in [9.17, 15) is 9.90 Å².